The average Bonchev–Trinajstić information content (AvgIpc) is 2.53. The second-order valence-corrected chi connectivity index (χ2v) is 5.61. The lowest BCUT2D eigenvalue weighted by molar-refractivity contribution is -0.386. The van der Waals surface area contributed by atoms with Gasteiger partial charge in [-0.15, -0.1) is 0 Å². The number of ether oxygens (including phenoxy) is 1. The number of fused-ring (bicyclic) bond motifs is 1. The molecule has 0 fully saturated rings. The Hall–Kier alpha value is -3.15. The summed E-state index contributed by atoms with van der Waals surface area (Å²) in [6.07, 6.45) is 0. The number of aryl methyl sites for hydroxylation is 2. The van der Waals surface area contributed by atoms with E-state index in [-0.39, 0.29) is 18.0 Å². The summed E-state index contributed by atoms with van der Waals surface area (Å²) in [5.41, 5.74) is 2.29. The molecule has 0 aliphatic carbocycles. The van der Waals surface area contributed by atoms with Gasteiger partial charge >= 0.3 is 11.3 Å². The number of rotatable bonds is 4. The lowest BCUT2D eigenvalue weighted by atomic mass is 10.1. The predicted octanol–water partition coefficient (Wildman–Crippen LogP) is 3.90. The molecule has 6 heteroatoms. The molecule has 1 aromatic heterocycles. The summed E-state index contributed by atoms with van der Waals surface area (Å²) in [6.45, 7) is 3.74. The van der Waals surface area contributed by atoms with Gasteiger partial charge < -0.3 is 9.15 Å². The van der Waals surface area contributed by atoms with E-state index in [0.717, 1.165) is 16.5 Å². The van der Waals surface area contributed by atoms with Crippen LogP contribution in [0.3, 0.4) is 0 Å². The van der Waals surface area contributed by atoms with Crippen molar-refractivity contribution in [1.82, 2.24) is 0 Å². The third kappa shape index (κ3) is 3.12. The van der Waals surface area contributed by atoms with Gasteiger partial charge in [0.15, 0.2) is 5.75 Å². The molecule has 0 aliphatic rings. The molecule has 0 radical (unpaired) electrons. The molecule has 0 atom stereocenters. The van der Waals surface area contributed by atoms with E-state index in [1.165, 1.54) is 12.1 Å². The molecule has 24 heavy (non-hydrogen) atoms. The lowest BCUT2D eigenvalue weighted by Gasteiger charge is -2.09. The Morgan fingerprint density at radius 1 is 1.08 bits per heavy atom. The van der Waals surface area contributed by atoms with Crippen molar-refractivity contribution >= 4 is 16.7 Å². The molecule has 3 rings (SSSR count). The Balaban J connectivity index is 1.98. The normalized spacial score (nSPS) is 10.8. The van der Waals surface area contributed by atoms with Crippen molar-refractivity contribution in [2.24, 2.45) is 0 Å². The van der Waals surface area contributed by atoms with Gasteiger partial charge in [-0.1, -0.05) is 17.7 Å². The highest BCUT2D eigenvalue weighted by molar-refractivity contribution is 5.80. The Bertz CT molecular complexity index is 990. The SMILES string of the molecule is Cc1ccc(OCc2cc(=O)oc3ccc(C)cc23)c([N+](=O)[O-])c1. The van der Waals surface area contributed by atoms with Gasteiger partial charge in [-0.2, -0.15) is 0 Å². The second-order valence-electron chi connectivity index (χ2n) is 5.61. The number of hydrogen-bond acceptors (Lipinski definition) is 5. The highest BCUT2D eigenvalue weighted by Crippen LogP contribution is 2.29. The van der Waals surface area contributed by atoms with Crippen LogP contribution >= 0.6 is 0 Å². The minimum atomic E-state index is -0.483. The molecule has 3 aromatic rings. The zero-order chi connectivity index (χ0) is 17.3. The van der Waals surface area contributed by atoms with Gasteiger partial charge in [0.05, 0.1) is 4.92 Å². The Morgan fingerprint density at radius 3 is 2.54 bits per heavy atom. The van der Waals surface area contributed by atoms with Gasteiger partial charge in [-0.05, 0) is 37.6 Å². The molecule has 0 amide bonds. The van der Waals surface area contributed by atoms with Crippen LogP contribution < -0.4 is 10.4 Å². The molecule has 122 valence electrons. The van der Waals surface area contributed by atoms with E-state index in [2.05, 4.69) is 0 Å². The average molecular weight is 325 g/mol. The first-order valence-corrected chi connectivity index (χ1v) is 7.35. The molecule has 6 nitrogen and oxygen atoms in total. The van der Waals surface area contributed by atoms with Crippen LogP contribution in [0.15, 0.2) is 51.7 Å². The van der Waals surface area contributed by atoms with Crippen LogP contribution in [0.2, 0.25) is 0 Å². The smallest absolute Gasteiger partial charge is 0.336 e. The predicted molar refractivity (Wildman–Crippen MR) is 89.4 cm³/mol. The van der Waals surface area contributed by atoms with Crippen molar-refractivity contribution < 1.29 is 14.1 Å². The first kappa shape index (κ1) is 15.7. The molecule has 0 saturated carbocycles. The number of nitro groups is 1. The molecule has 0 bridgehead atoms. The van der Waals surface area contributed by atoms with Crippen LogP contribution in [0, 0.1) is 24.0 Å². The van der Waals surface area contributed by atoms with Crippen LogP contribution in [-0.4, -0.2) is 4.92 Å². The van der Waals surface area contributed by atoms with Crippen molar-refractivity contribution in [3.8, 4) is 5.75 Å². The quantitative estimate of drug-likeness (QED) is 0.413. The lowest BCUT2D eigenvalue weighted by Crippen LogP contribution is -2.05. The minimum Gasteiger partial charge on any atom is -0.482 e. The van der Waals surface area contributed by atoms with Crippen LogP contribution in [0.4, 0.5) is 5.69 Å². The van der Waals surface area contributed by atoms with Crippen molar-refractivity contribution in [2.75, 3.05) is 0 Å². The molecular formula is C18H15NO5. The zero-order valence-electron chi connectivity index (χ0n) is 13.2. The fourth-order valence-corrected chi connectivity index (χ4v) is 2.51. The summed E-state index contributed by atoms with van der Waals surface area (Å²) in [5, 5.41) is 11.9. The summed E-state index contributed by atoms with van der Waals surface area (Å²) >= 11 is 0. The van der Waals surface area contributed by atoms with Gasteiger partial charge in [0.2, 0.25) is 0 Å². The summed E-state index contributed by atoms with van der Waals surface area (Å²) in [6, 6.07) is 11.6. The molecule has 0 saturated heterocycles. The highest BCUT2D eigenvalue weighted by atomic mass is 16.6. The van der Waals surface area contributed by atoms with Gasteiger partial charge in [-0.3, -0.25) is 10.1 Å². The first-order chi connectivity index (χ1) is 11.4. The summed E-state index contributed by atoms with van der Waals surface area (Å²) in [5.74, 6) is 0.166. The minimum absolute atomic E-state index is 0.0372. The van der Waals surface area contributed by atoms with Crippen LogP contribution in [0.5, 0.6) is 5.75 Å². The van der Waals surface area contributed by atoms with Crippen molar-refractivity contribution in [3.05, 3.63) is 79.7 Å². The maximum Gasteiger partial charge on any atom is 0.336 e. The van der Waals surface area contributed by atoms with Crippen molar-refractivity contribution in [1.29, 1.82) is 0 Å². The Labute approximate surface area is 137 Å². The van der Waals surface area contributed by atoms with E-state index in [0.29, 0.717) is 11.1 Å². The molecule has 0 unspecified atom stereocenters. The zero-order valence-corrected chi connectivity index (χ0v) is 13.2. The topological polar surface area (TPSA) is 82.6 Å². The fourth-order valence-electron chi connectivity index (χ4n) is 2.51. The van der Waals surface area contributed by atoms with Crippen molar-refractivity contribution in [3.63, 3.8) is 0 Å². The third-order valence-corrected chi connectivity index (χ3v) is 3.68. The molecule has 1 heterocycles. The van der Waals surface area contributed by atoms with Gasteiger partial charge in [0.25, 0.3) is 0 Å². The maximum absolute atomic E-state index is 11.7. The molecule has 0 N–H and O–H groups in total. The molecule has 0 spiro atoms. The molecular weight excluding hydrogens is 310 g/mol. The van der Waals surface area contributed by atoms with Gasteiger partial charge in [-0.25, -0.2) is 4.79 Å². The maximum atomic E-state index is 11.7. The highest BCUT2D eigenvalue weighted by Gasteiger charge is 2.16. The van der Waals surface area contributed by atoms with E-state index in [4.69, 9.17) is 9.15 Å². The summed E-state index contributed by atoms with van der Waals surface area (Å²) in [4.78, 5) is 22.4. The Kier molecular flexibility index (Phi) is 4.04. The molecule has 2 aromatic carbocycles. The summed E-state index contributed by atoms with van der Waals surface area (Å²) < 4.78 is 10.8. The van der Waals surface area contributed by atoms with Crippen LogP contribution in [-0.2, 0) is 6.61 Å². The largest absolute Gasteiger partial charge is 0.482 e. The summed E-state index contributed by atoms with van der Waals surface area (Å²) in [7, 11) is 0. The van der Waals surface area contributed by atoms with E-state index in [1.807, 2.05) is 19.1 Å². The third-order valence-electron chi connectivity index (χ3n) is 3.68. The van der Waals surface area contributed by atoms with Gasteiger partial charge in [0.1, 0.15) is 12.2 Å². The van der Waals surface area contributed by atoms with E-state index >= 15 is 0 Å². The van der Waals surface area contributed by atoms with Crippen LogP contribution in [0.1, 0.15) is 16.7 Å². The Morgan fingerprint density at radius 2 is 1.79 bits per heavy atom. The number of nitrogens with zero attached hydrogens (tertiary/aromatic N) is 1. The second kappa shape index (κ2) is 6.16. The number of nitro benzene ring substituents is 1. The first-order valence-electron chi connectivity index (χ1n) is 7.35. The fraction of sp³-hybridized carbons (Fsp3) is 0.167. The van der Waals surface area contributed by atoms with E-state index in [1.54, 1.807) is 25.1 Å². The number of benzene rings is 2. The standard InChI is InChI=1S/C18H15NO5/c1-11-3-5-16-14(7-11)13(9-18(20)24-16)10-23-17-6-4-12(2)8-15(17)19(21)22/h3-9H,10H2,1-2H3. The van der Waals surface area contributed by atoms with Crippen molar-refractivity contribution in [2.45, 2.75) is 20.5 Å². The monoisotopic (exact) mass is 325 g/mol. The molecule has 0 aliphatic heterocycles. The van der Waals surface area contributed by atoms with Crippen LogP contribution in [0.25, 0.3) is 11.0 Å². The van der Waals surface area contributed by atoms with Gasteiger partial charge in [0, 0.05) is 23.1 Å². The number of hydrogen-bond donors (Lipinski definition) is 0. The van der Waals surface area contributed by atoms with E-state index < -0.39 is 10.5 Å². The van der Waals surface area contributed by atoms with E-state index in [9.17, 15) is 14.9 Å².